The predicted octanol–water partition coefficient (Wildman–Crippen LogP) is 10.7. The van der Waals surface area contributed by atoms with E-state index in [9.17, 15) is 19.4 Å². The van der Waals surface area contributed by atoms with E-state index in [0.29, 0.717) is 12.8 Å². The number of phosphoric acid groups is 1. The maximum absolute atomic E-state index is 12.7. The molecule has 0 aliphatic rings. The number of carbonyl (C=O) groups excluding carboxylic acids is 1. The Labute approximate surface area is 291 Å². The van der Waals surface area contributed by atoms with Gasteiger partial charge in [0.2, 0.25) is 5.91 Å². The molecule has 0 radical (unpaired) electrons. The Kier molecular flexibility index (Phi) is 35.0. The molecule has 0 fully saturated rings. The number of rotatable bonds is 38. The van der Waals surface area contributed by atoms with Crippen LogP contribution in [0.5, 0.6) is 0 Å². The number of phosphoric ester groups is 1. The SMILES string of the molecule is CCCCCCCCCCCCCCCCCCCCC(O)C(COP(=O)(O)OCCN)NC(=O)CCCCCCCCCCCC. The van der Waals surface area contributed by atoms with Crippen molar-refractivity contribution in [1.29, 1.82) is 0 Å². The first-order chi connectivity index (χ1) is 22.9. The van der Waals surface area contributed by atoms with Crippen molar-refractivity contribution < 1.29 is 28.4 Å². The zero-order chi connectivity index (χ0) is 34.7. The van der Waals surface area contributed by atoms with Gasteiger partial charge in [0, 0.05) is 13.0 Å². The van der Waals surface area contributed by atoms with Crippen LogP contribution in [-0.2, 0) is 18.4 Å². The molecule has 3 unspecified atom stereocenters. The molecule has 0 aliphatic carbocycles. The van der Waals surface area contributed by atoms with Crippen molar-refractivity contribution in [3.8, 4) is 0 Å². The van der Waals surface area contributed by atoms with Crippen LogP contribution in [0.3, 0.4) is 0 Å². The van der Waals surface area contributed by atoms with Gasteiger partial charge in [-0.25, -0.2) is 4.57 Å². The van der Waals surface area contributed by atoms with Crippen molar-refractivity contribution in [2.45, 2.75) is 219 Å². The van der Waals surface area contributed by atoms with E-state index in [-0.39, 0.29) is 25.7 Å². The first kappa shape index (κ1) is 46.5. The normalized spacial score (nSPS) is 14.2. The van der Waals surface area contributed by atoms with Gasteiger partial charge in [0.15, 0.2) is 0 Å². The molecule has 0 rings (SSSR count). The molecule has 47 heavy (non-hydrogen) atoms. The topological polar surface area (TPSA) is 131 Å². The van der Waals surface area contributed by atoms with E-state index >= 15 is 0 Å². The summed E-state index contributed by atoms with van der Waals surface area (Å²) < 4.78 is 22.1. The first-order valence-electron chi connectivity index (χ1n) is 20.2. The third-order valence-corrected chi connectivity index (χ3v) is 10.2. The summed E-state index contributed by atoms with van der Waals surface area (Å²) in [6.45, 7) is 4.21. The highest BCUT2D eigenvalue weighted by Crippen LogP contribution is 2.43. The highest BCUT2D eigenvalue weighted by molar-refractivity contribution is 7.47. The van der Waals surface area contributed by atoms with E-state index in [4.69, 9.17) is 14.8 Å². The number of amides is 1. The fourth-order valence-corrected chi connectivity index (χ4v) is 6.90. The fourth-order valence-electron chi connectivity index (χ4n) is 6.14. The van der Waals surface area contributed by atoms with Gasteiger partial charge in [0.1, 0.15) is 0 Å². The summed E-state index contributed by atoms with van der Waals surface area (Å²) >= 11 is 0. The van der Waals surface area contributed by atoms with Gasteiger partial charge in [-0.1, -0.05) is 187 Å². The molecule has 0 aromatic carbocycles. The second-order valence-electron chi connectivity index (χ2n) is 13.9. The lowest BCUT2D eigenvalue weighted by atomic mass is 10.0. The van der Waals surface area contributed by atoms with Crippen LogP contribution in [0.1, 0.15) is 206 Å². The number of aliphatic hydroxyl groups is 1. The van der Waals surface area contributed by atoms with Crippen molar-refractivity contribution in [3.63, 3.8) is 0 Å². The molecule has 0 heterocycles. The molecule has 0 aromatic rings. The molecule has 8 nitrogen and oxygen atoms in total. The van der Waals surface area contributed by atoms with Gasteiger partial charge >= 0.3 is 7.82 Å². The Balaban J connectivity index is 4.13. The van der Waals surface area contributed by atoms with Gasteiger partial charge in [-0.3, -0.25) is 13.8 Å². The lowest BCUT2D eigenvalue weighted by Crippen LogP contribution is -2.46. The number of carbonyl (C=O) groups is 1. The zero-order valence-electron chi connectivity index (χ0n) is 31.0. The van der Waals surface area contributed by atoms with Crippen LogP contribution in [0, 0.1) is 0 Å². The van der Waals surface area contributed by atoms with Gasteiger partial charge in [0.25, 0.3) is 0 Å². The predicted molar refractivity (Wildman–Crippen MR) is 199 cm³/mol. The summed E-state index contributed by atoms with van der Waals surface area (Å²) in [5.74, 6) is -0.161. The van der Waals surface area contributed by atoms with E-state index in [1.165, 1.54) is 141 Å². The zero-order valence-corrected chi connectivity index (χ0v) is 31.9. The summed E-state index contributed by atoms with van der Waals surface area (Å²) in [5, 5.41) is 13.7. The van der Waals surface area contributed by atoms with Crippen LogP contribution >= 0.6 is 7.82 Å². The van der Waals surface area contributed by atoms with E-state index in [1.807, 2.05) is 0 Å². The molecular formula is C38H79N2O6P. The highest BCUT2D eigenvalue weighted by atomic mass is 31.2. The minimum absolute atomic E-state index is 0.0922. The Morgan fingerprint density at radius 1 is 0.617 bits per heavy atom. The van der Waals surface area contributed by atoms with E-state index in [2.05, 4.69) is 19.2 Å². The third kappa shape index (κ3) is 33.8. The standard InChI is InChI=1S/C38H79N2O6P/c1-3-5-7-9-11-13-15-16-17-18-19-20-21-22-23-25-27-29-31-37(41)36(35-46-47(43,44)45-34-33-39)40-38(42)32-30-28-26-24-14-12-10-8-6-4-2/h36-37,41H,3-35,39H2,1-2H3,(H,40,42)(H,43,44). The molecule has 3 atom stereocenters. The summed E-state index contributed by atoms with van der Waals surface area (Å²) in [6, 6.07) is -0.765. The third-order valence-electron chi connectivity index (χ3n) is 9.21. The molecule has 0 saturated heterocycles. The molecule has 0 bridgehead atoms. The molecule has 9 heteroatoms. The Bertz CT molecular complexity index is 714. The molecule has 0 spiro atoms. The second-order valence-corrected chi connectivity index (χ2v) is 15.3. The molecule has 1 amide bonds. The lowest BCUT2D eigenvalue weighted by Gasteiger charge is -2.25. The van der Waals surface area contributed by atoms with Crippen molar-refractivity contribution in [1.82, 2.24) is 5.32 Å². The maximum Gasteiger partial charge on any atom is 0.472 e. The summed E-state index contributed by atoms with van der Waals surface area (Å²) in [5.41, 5.74) is 5.36. The Hall–Kier alpha value is -0.500. The largest absolute Gasteiger partial charge is 0.472 e. The van der Waals surface area contributed by atoms with Gasteiger partial charge in [-0.15, -0.1) is 0 Å². The minimum atomic E-state index is -4.30. The summed E-state index contributed by atoms with van der Waals surface area (Å²) in [4.78, 5) is 22.6. The number of hydrogen-bond donors (Lipinski definition) is 4. The number of hydrogen-bond acceptors (Lipinski definition) is 6. The van der Waals surface area contributed by atoms with Crippen LogP contribution in [0.4, 0.5) is 0 Å². The van der Waals surface area contributed by atoms with E-state index < -0.39 is 20.0 Å². The molecule has 5 N–H and O–H groups in total. The van der Waals surface area contributed by atoms with Crippen LogP contribution in [0.25, 0.3) is 0 Å². The van der Waals surface area contributed by atoms with Crippen LogP contribution < -0.4 is 11.1 Å². The molecule has 0 aromatic heterocycles. The summed E-state index contributed by atoms with van der Waals surface area (Å²) in [6.07, 6.45) is 35.4. The van der Waals surface area contributed by atoms with Crippen molar-refractivity contribution in [3.05, 3.63) is 0 Å². The molecule has 282 valence electrons. The van der Waals surface area contributed by atoms with Crippen molar-refractivity contribution in [2.75, 3.05) is 19.8 Å². The first-order valence-corrected chi connectivity index (χ1v) is 21.6. The molecular weight excluding hydrogens is 611 g/mol. The van der Waals surface area contributed by atoms with Crippen LogP contribution in [0.2, 0.25) is 0 Å². The van der Waals surface area contributed by atoms with E-state index in [0.717, 1.165) is 38.5 Å². The summed E-state index contributed by atoms with van der Waals surface area (Å²) in [7, 11) is -4.30. The monoisotopic (exact) mass is 691 g/mol. The van der Waals surface area contributed by atoms with Crippen LogP contribution in [0.15, 0.2) is 0 Å². The fraction of sp³-hybridized carbons (Fsp3) is 0.974. The van der Waals surface area contributed by atoms with Crippen LogP contribution in [-0.4, -0.2) is 47.8 Å². The molecule has 0 saturated carbocycles. The highest BCUT2D eigenvalue weighted by Gasteiger charge is 2.27. The number of aliphatic hydroxyl groups excluding tert-OH is 1. The van der Waals surface area contributed by atoms with Gasteiger partial charge < -0.3 is 21.1 Å². The van der Waals surface area contributed by atoms with Gasteiger partial charge in [-0.2, -0.15) is 0 Å². The lowest BCUT2D eigenvalue weighted by molar-refractivity contribution is -0.123. The Morgan fingerprint density at radius 3 is 1.36 bits per heavy atom. The van der Waals surface area contributed by atoms with E-state index in [1.54, 1.807) is 0 Å². The van der Waals surface area contributed by atoms with Gasteiger partial charge in [-0.05, 0) is 12.8 Å². The van der Waals surface area contributed by atoms with Gasteiger partial charge in [0.05, 0.1) is 25.4 Å². The minimum Gasteiger partial charge on any atom is -0.391 e. The molecule has 0 aliphatic heterocycles. The average Bonchev–Trinajstić information content (AvgIpc) is 3.05. The number of unbranched alkanes of at least 4 members (excludes halogenated alkanes) is 26. The average molecular weight is 691 g/mol. The second kappa shape index (κ2) is 35.3. The maximum atomic E-state index is 12.7. The number of nitrogens with two attached hydrogens (primary N) is 1. The quantitative estimate of drug-likeness (QED) is 0.0374. The van der Waals surface area contributed by atoms with Crippen molar-refractivity contribution >= 4 is 13.7 Å². The smallest absolute Gasteiger partial charge is 0.391 e. The van der Waals surface area contributed by atoms with Crippen molar-refractivity contribution in [2.24, 2.45) is 5.73 Å². The number of nitrogens with one attached hydrogen (secondary N) is 1. The Morgan fingerprint density at radius 2 is 0.979 bits per heavy atom.